The van der Waals surface area contributed by atoms with Crippen LogP contribution in [0.1, 0.15) is 19.3 Å². The van der Waals surface area contributed by atoms with Crippen molar-refractivity contribution in [1.29, 1.82) is 0 Å². The van der Waals surface area contributed by atoms with Crippen molar-refractivity contribution < 1.29 is 27.3 Å². The molecule has 1 fully saturated rings. The van der Waals surface area contributed by atoms with E-state index in [1.165, 1.54) is 19.3 Å². The summed E-state index contributed by atoms with van der Waals surface area (Å²) in [6, 6.07) is 0. The largest absolute Gasteiger partial charge is 0.358 e. The average molecular weight is 274 g/mol. The van der Waals surface area contributed by atoms with E-state index in [9.17, 15) is 0 Å². The fourth-order valence-electron chi connectivity index (χ4n) is 1.09. The fraction of sp³-hybridized carbons (Fsp3) is 0.833. The van der Waals surface area contributed by atoms with E-state index in [1.54, 1.807) is 0 Å². The van der Waals surface area contributed by atoms with E-state index >= 15 is 0 Å². The first kappa shape index (κ1) is 11.2. The molecule has 0 spiro atoms. The van der Waals surface area contributed by atoms with Gasteiger partial charge in [-0.3, -0.25) is 0 Å². The van der Waals surface area contributed by atoms with Crippen LogP contribution in [0.3, 0.4) is 0 Å². The number of likely N-dealkylation sites (tertiary alicyclic amines) is 1. The molecule has 10 heavy (non-hydrogen) atoms. The van der Waals surface area contributed by atoms with Gasteiger partial charge in [0.1, 0.15) is 4.32 Å². The molecule has 0 unspecified atom stereocenters. The summed E-state index contributed by atoms with van der Waals surface area (Å²) in [5.74, 6) is 0. The summed E-state index contributed by atoms with van der Waals surface area (Å²) in [5.41, 5.74) is 0. The Labute approximate surface area is 93.1 Å². The Bertz CT molecular complexity index is 112. The van der Waals surface area contributed by atoms with E-state index in [-0.39, 0.29) is 27.3 Å². The van der Waals surface area contributed by atoms with Crippen LogP contribution in [-0.2, 0) is 27.3 Å². The molecule has 0 radical (unpaired) electrons. The Kier molecular flexibility index (Phi) is 6.44. The molecule has 0 amide bonds. The van der Waals surface area contributed by atoms with Gasteiger partial charge in [-0.05, 0) is 19.3 Å². The van der Waals surface area contributed by atoms with Crippen LogP contribution in [0.5, 0.6) is 0 Å². The summed E-state index contributed by atoms with van der Waals surface area (Å²) in [7, 11) is 0. The van der Waals surface area contributed by atoms with Crippen molar-refractivity contribution in [3.8, 4) is 0 Å². The minimum atomic E-state index is 0. The van der Waals surface area contributed by atoms with Crippen molar-refractivity contribution in [2.24, 2.45) is 0 Å². The van der Waals surface area contributed by atoms with Gasteiger partial charge in [0, 0.05) is 40.4 Å². The van der Waals surface area contributed by atoms with Gasteiger partial charge in [0.05, 0.1) is 0 Å². The predicted octanol–water partition coefficient (Wildman–Crippen LogP) is 1.68. The predicted molar refractivity (Wildman–Crippen MR) is 47.0 cm³/mol. The van der Waals surface area contributed by atoms with E-state index in [2.05, 4.69) is 17.5 Å². The van der Waals surface area contributed by atoms with Crippen molar-refractivity contribution in [1.82, 2.24) is 4.90 Å². The molecule has 0 aliphatic carbocycles. The zero-order valence-corrected chi connectivity index (χ0v) is 11.8. The standard InChI is InChI=1S/C6H11NS2.Cd/c8-6(9)7-4-2-1-3-5-7;/h1-5H2,(H,8,9);. The maximum absolute atomic E-state index is 4.91. The number of hydrogen-bond donors (Lipinski definition) is 1. The van der Waals surface area contributed by atoms with Gasteiger partial charge in [-0.25, -0.2) is 0 Å². The summed E-state index contributed by atoms with van der Waals surface area (Å²) in [4.78, 5) is 2.15. The zero-order chi connectivity index (χ0) is 6.69. The number of rotatable bonds is 0. The van der Waals surface area contributed by atoms with Gasteiger partial charge in [-0.15, -0.1) is 12.6 Å². The zero-order valence-electron chi connectivity index (χ0n) is 6.05. The molecule has 54 valence electrons. The van der Waals surface area contributed by atoms with Crippen LogP contribution in [0.25, 0.3) is 0 Å². The normalized spacial score (nSPS) is 17.9. The third-order valence-corrected chi connectivity index (χ3v) is 2.17. The molecular weight excluding hydrogens is 263 g/mol. The molecule has 4 heteroatoms. The second kappa shape index (κ2) is 5.77. The van der Waals surface area contributed by atoms with Crippen molar-refractivity contribution in [2.45, 2.75) is 19.3 Å². The number of nitrogens with zero attached hydrogens (tertiary/aromatic N) is 1. The van der Waals surface area contributed by atoms with Gasteiger partial charge in [0.25, 0.3) is 0 Å². The molecule has 1 saturated heterocycles. The first-order chi connectivity index (χ1) is 4.30. The molecule has 0 aromatic carbocycles. The molecule has 0 N–H and O–H groups in total. The smallest absolute Gasteiger partial charge is 0.133 e. The molecule has 1 rings (SSSR count). The fourth-order valence-corrected chi connectivity index (χ4v) is 1.47. The van der Waals surface area contributed by atoms with Crippen molar-refractivity contribution in [3.63, 3.8) is 0 Å². The van der Waals surface area contributed by atoms with Gasteiger partial charge in [-0.1, -0.05) is 12.2 Å². The molecule has 0 aromatic heterocycles. The summed E-state index contributed by atoms with van der Waals surface area (Å²) < 4.78 is 0.759. The van der Waals surface area contributed by atoms with Crippen molar-refractivity contribution >= 4 is 29.2 Å². The molecule has 0 aromatic rings. The molecular formula is C6H11CdNS2. The Balaban J connectivity index is 0.000000810. The van der Waals surface area contributed by atoms with Crippen LogP contribution in [0.4, 0.5) is 0 Å². The molecule has 1 heterocycles. The van der Waals surface area contributed by atoms with E-state index in [4.69, 9.17) is 12.2 Å². The molecule has 0 saturated carbocycles. The molecule has 0 bridgehead atoms. The maximum atomic E-state index is 4.91. The minimum absolute atomic E-state index is 0. The van der Waals surface area contributed by atoms with Gasteiger partial charge in [0.2, 0.25) is 0 Å². The Hall–Kier alpha value is 1.16. The monoisotopic (exact) mass is 275 g/mol. The van der Waals surface area contributed by atoms with Crippen LogP contribution in [0.2, 0.25) is 0 Å². The van der Waals surface area contributed by atoms with E-state index < -0.39 is 0 Å². The first-order valence-corrected chi connectivity index (χ1v) is 4.14. The van der Waals surface area contributed by atoms with Crippen molar-refractivity contribution in [3.05, 3.63) is 0 Å². The average Bonchev–Trinajstić information content (AvgIpc) is 1.90. The van der Waals surface area contributed by atoms with Crippen LogP contribution < -0.4 is 0 Å². The SMILES string of the molecule is S=C(S)N1CCCCC1.[Cd]. The summed E-state index contributed by atoms with van der Waals surface area (Å²) >= 11 is 9.00. The van der Waals surface area contributed by atoms with Gasteiger partial charge < -0.3 is 4.90 Å². The van der Waals surface area contributed by atoms with E-state index in [0.29, 0.717) is 0 Å². The molecule has 1 aliphatic rings. The number of thiocarbonyl (C=S) groups is 1. The summed E-state index contributed by atoms with van der Waals surface area (Å²) in [5, 5.41) is 0. The first-order valence-electron chi connectivity index (χ1n) is 3.28. The van der Waals surface area contributed by atoms with E-state index in [1.807, 2.05) is 0 Å². The van der Waals surface area contributed by atoms with Crippen LogP contribution >= 0.6 is 24.8 Å². The van der Waals surface area contributed by atoms with Crippen LogP contribution in [0, 0.1) is 0 Å². The summed E-state index contributed by atoms with van der Waals surface area (Å²) in [6.07, 6.45) is 3.91. The second-order valence-corrected chi connectivity index (χ2v) is 3.44. The van der Waals surface area contributed by atoms with Gasteiger partial charge >= 0.3 is 0 Å². The number of thiol groups is 1. The van der Waals surface area contributed by atoms with Crippen LogP contribution in [0.15, 0.2) is 0 Å². The second-order valence-electron chi connectivity index (χ2n) is 2.33. The molecule has 0 atom stereocenters. The number of piperidine rings is 1. The van der Waals surface area contributed by atoms with Gasteiger partial charge in [0.15, 0.2) is 0 Å². The topological polar surface area (TPSA) is 3.24 Å². The quantitative estimate of drug-likeness (QED) is 0.406. The molecule has 1 nitrogen and oxygen atoms in total. The Morgan fingerprint density at radius 2 is 1.70 bits per heavy atom. The Morgan fingerprint density at radius 1 is 1.20 bits per heavy atom. The Morgan fingerprint density at radius 3 is 2.00 bits per heavy atom. The third kappa shape index (κ3) is 3.52. The molecule has 1 aliphatic heterocycles. The van der Waals surface area contributed by atoms with Gasteiger partial charge in [-0.2, -0.15) is 0 Å². The van der Waals surface area contributed by atoms with Crippen molar-refractivity contribution in [2.75, 3.05) is 13.1 Å². The minimum Gasteiger partial charge on any atom is -0.358 e. The van der Waals surface area contributed by atoms with Crippen LogP contribution in [-0.4, -0.2) is 22.3 Å². The summed E-state index contributed by atoms with van der Waals surface area (Å²) in [6.45, 7) is 2.23. The maximum Gasteiger partial charge on any atom is 0.133 e. The number of hydrogen-bond acceptors (Lipinski definition) is 1. The van der Waals surface area contributed by atoms with E-state index in [0.717, 1.165) is 17.4 Å². The third-order valence-electron chi connectivity index (χ3n) is 1.63.